The standard InChI is InChI=1S/C19H10ClFO3/c20-12-3-7-17-15(9-12)19(22)18(24-17)10-14-6-8-16(23-14)11-1-4-13(21)5-2-11/h1-10H/b18-10-. The fraction of sp³-hybridized carbons (Fsp3) is 0. The summed E-state index contributed by atoms with van der Waals surface area (Å²) in [6.45, 7) is 0. The molecule has 0 radical (unpaired) electrons. The molecule has 0 spiro atoms. The molecule has 0 unspecified atom stereocenters. The second-order valence-electron chi connectivity index (χ2n) is 5.29. The lowest BCUT2D eigenvalue weighted by molar-refractivity contribution is 0.101. The first-order valence-corrected chi connectivity index (χ1v) is 7.57. The van der Waals surface area contributed by atoms with Crippen LogP contribution in [0.15, 0.2) is 64.8 Å². The Morgan fingerprint density at radius 3 is 2.58 bits per heavy atom. The fourth-order valence-electron chi connectivity index (χ4n) is 2.49. The molecule has 3 aromatic rings. The number of ketones is 1. The molecule has 0 aliphatic carbocycles. The van der Waals surface area contributed by atoms with Crippen molar-refractivity contribution in [2.75, 3.05) is 0 Å². The molecule has 0 amide bonds. The largest absolute Gasteiger partial charge is 0.457 e. The molecule has 0 N–H and O–H groups in total. The number of halogens is 2. The Bertz CT molecular complexity index is 971. The van der Waals surface area contributed by atoms with Gasteiger partial charge in [-0.3, -0.25) is 4.79 Å². The van der Waals surface area contributed by atoms with Gasteiger partial charge < -0.3 is 9.15 Å². The van der Waals surface area contributed by atoms with E-state index in [0.29, 0.717) is 27.9 Å². The first-order valence-electron chi connectivity index (χ1n) is 7.20. The molecule has 0 fully saturated rings. The van der Waals surface area contributed by atoms with Gasteiger partial charge in [0.2, 0.25) is 5.78 Å². The molecule has 5 heteroatoms. The number of Topliss-reactive ketones (excluding diaryl/α,β-unsaturated/α-hetero) is 1. The molecular formula is C19H10ClFO3. The van der Waals surface area contributed by atoms with E-state index in [1.165, 1.54) is 18.2 Å². The number of hydrogen-bond donors (Lipinski definition) is 0. The zero-order valence-corrected chi connectivity index (χ0v) is 13.0. The Kier molecular flexibility index (Phi) is 3.47. The maximum atomic E-state index is 13.0. The van der Waals surface area contributed by atoms with Gasteiger partial charge in [-0.15, -0.1) is 0 Å². The molecule has 2 aromatic carbocycles. The minimum Gasteiger partial charge on any atom is -0.457 e. The molecule has 0 saturated heterocycles. The summed E-state index contributed by atoms with van der Waals surface area (Å²) in [5, 5.41) is 0.476. The Balaban J connectivity index is 1.63. The summed E-state index contributed by atoms with van der Waals surface area (Å²) >= 11 is 5.91. The van der Waals surface area contributed by atoms with Crippen LogP contribution in [-0.4, -0.2) is 5.78 Å². The Morgan fingerprint density at radius 1 is 1.00 bits per heavy atom. The maximum Gasteiger partial charge on any atom is 0.232 e. The van der Waals surface area contributed by atoms with Crippen molar-refractivity contribution in [2.45, 2.75) is 0 Å². The molecule has 4 rings (SSSR count). The van der Waals surface area contributed by atoms with Crippen molar-refractivity contribution in [3.8, 4) is 17.1 Å². The zero-order chi connectivity index (χ0) is 16.7. The molecule has 118 valence electrons. The summed E-state index contributed by atoms with van der Waals surface area (Å²) in [5.41, 5.74) is 1.17. The third-order valence-electron chi connectivity index (χ3n) is 3.66. The van der Waals surface area contributed by atoms with Crippen molar-refractivity contribution in [2.24, 2.45) is 0 Å². The average Bonchev–Trinajstić information content (AvgIpc) is 3.15. The number of fused-ring (bicyclic) bond motifs is 1. The summed E-state index contributed by atoms with van der Waals surface area (Å²) in [7, 11) is 0. The number of hydrogen-bond acceptors (Lipinski definition) is 3. The second kappa shape index (κ2) is 5.65. The van der Waals surface area contributed by atoms with Crippen LogP contribution >= 0.6 is 11.6 Å². The number of carbonyl (C=O) groups excluding carboxylic acids is 1. The van der Waals surface area contributed by atoms with Gasteiger partial charge in [-0.2, -0.15) is 0 Å². The van der Waals surface area contributed by atoms with Crippen LogP contribution in [0, 0.1) is 5.82 Å². The fourth-order valence-corrected chi connectivity index (χ4v) is 2.66. The van der Waals surface area contributed by atoms with Crippen molar-refractivity contribution >= 4 is 23.5 Å². The smallest absolute Gasteiger partial charge is 0.232 e. The van der Waals surface area contributed by atoms with Crippen LogP contribution in [0.2, 0.25) is 5.02 Å². The van der Waals surface area contributed by atoms with E-state index in [9.17, 15) is 9.18 Å². The predicted octanol–water partition coefficient (Wildman–Crippen LogP) is 5.36. The number of ether oxygens (including phenoxy) is 1. The minimum absolute atomic E-state index is 0.173. The van der Waals surface area contributed by atoms with Crippen LogP contribution in [-0.2, 0) is 0 Å². The predicted molar refractivity (Wildman–Crippen MR) is 88.5 cm³/mol. The first-order chi connectivity index (χ1) is 11.6. The summed E-state index contributed by atoms with van der Waals surface area (Å²) in [6.07, 6.45) is 1.53. The molecule has 2 heterocycles. The number of carbonyl (C=O) groups is 1. The van der Waals surface area contributed by atoms with E-state index in [1.54, 1.807) is 42.5 Å². The van der Waals surface area contributed by atoms with E-state index in [2.05, 4.69) is 0 Å². The number of rotatable bonds is 2. The van der Waals surface area contributed by atoms with Gasteiger partial charge in [0.15, 0.2) is 5.76 Å². The summed E-state index contributed by atoms with van der Waals surface area (Å²) in [4.78, 5) is 12.3. The van der Waals surface area contributed by atoms with E-state index in [0.717, 1.165) is 5.56 Å². The van der Waals surface area contributed by atoms with Gasteiger partial charge in [0.25, 0.3) is 0 Å². The molecule has 0 saturated carbocycles. The number of benzene rings is 2. The van der Waals surface area contributed by atoms with E-state index in [4.69, 9.17) is 20.8 Å². The number of furan rings is 1. The Labute approximate surface area is 141 Å². The number of allylic oxidation sites excluding steroid dienone is 1. The van der Waals surface area contributed by atoms with Crippen molar-refractivity contribution in [1.29, 1.82) is 0 Å². The maximum absolute atomic E-state index is 13.0. The van der Waals surface area contributed by atoms with Crippen LogP contribution in [0.4, 0.5) is 4.39 Å². The quantitative estimate of drug-likeness (QED) is 0.590. The molecular weight excluding hydrogens is 331 g/mol. The van der Waals surface area contributed by atoms with Crippen LogP contribution in [0.1, 0.15) is 16.1 Å². The normalized spacial score (nSPS) is 14.8. The van der Waals surface area contributed by atoms with Crippen molar-refractivity contribution < 1.29 is 18.3 Å². The molecule has 1 aliphatic rings. The van der Waals surface area contributed by atoms with Gasteiger partial charge in [0.1, 0.15) is 23.1 Å². The Hall–Kier alpha value is -2.85. The van der Waals surface area contributed by atoms with Crippen LogP contribution in [0.25, 0.3) is 17.4 Å². The summed E-state index contributed by atoms with van der Waals surface area (Å²) < 4.78 is 24.2. The molecule has 0 bridgehead atoms. The third-order valence-corrected chi connectivity index (χ3v) is 3.89. The third kappa shape index (κ3) is 2.61. The van der Waals surface area contributed by atoms with Crippen LogP contribution in [0.3, 0.4) is 0 Å². The molecule has 0 atom stereocenters. The SMILES string of the molecule is O=C1/C(=C/c2ccc(-c3ccc(F)cc3)o2)Oc2ccc(Cl)cc21. The summed E-state index contributed by atoms with van der Waals surface area (Å²) in [6, 6.07) is 14.3. The van der Waals surface area contributed by atoms with Gasteiger partial charge in [0, 0.05) is 16.7 Å². The van der Waals surface area contributed by atoms with Crippen LogP contribution < -0.4 is 4.74 Å². The van der Waals surface area contributed by atoms with E-state index >= 15 is 0 Å². The monoisotopic (exact) mass is 340 g/mol. The van der Waals surface area contributed by atoms with E-state index < -0.39 is 0 Å². The lowest BCUT2D eigenvalue weighted by Crippen LogP contribution is -1.97. The summed E-state index contributed by atoms with van der Waals surface area (Å²) in [5.74, 6) is 1.14. The van der Waals surface area contributed by atoms with Gasteiger partial charge in [-0.1, -0.05) is 11.6 Å². The van der Waals surface area contributed by atoms with Crippen molar-refractivity contribution in [3.63, 3.8) is 0 Å². The van der Waals surface area contributed by atoms with E-state index in [-0.39, 0.29) is 17.4 Å². The van der Waals surface area contributed by atoms with Crippen molar-refractivity contribution in [3.05, 3.63) is 82.5 Å². The minimum atomic E-state index is -0.311. The van der Waals surface area contributed by atoms with Gasteiger partial charge in [0.05, 0.1) is 5.56 Å². The lowest BCUT2D eigenvalue weighted by Gasteiger charge is -1.97. The van der Waals surface area contributed by atoms with Gasteiger partial charge >= 0.3 is 0 Å². The highest BCUT2D eigenvalue weighted by Crippen LogP contribution is 2.34. The first kappa shape index (κ1) is 14.7. The highest BCUT2D eigenvalue weighted by atomic mass is 35.5. The molecule has 24 heavy (non-hydrogen) atoms. The molecule has 1 aromatic heterocycles. The second-order valence-corrected chi connectivity index (χ2v) is 5.73. The average molecular weight is 341 g/mol. The molecule has 3 nitrogen and oxygen atoms in total. The highest BCUT2D eigenvalue weighted by molar-refractivity contribution is 6.31. The lowest BCUT2D eigenvalue weighted by atomic mass is 10.1. The van der Waals surface area contributed by atoms with E-state index in [1.807, 2.05) is 0 Å². The highest BCUT2D eigenvalue weighted by Gasteiger charge is 2.27. The molecule has 1 aliphatic heterocycles. The van der Waals surface area contributed by atoms with Crippen molar-refractivity contribution in [1.82, 2.24) is 0 Å². The van der Waals surface area contributed by atoms with Gasteiger partial charge in [-0.25, -0.2) is 4.39 Å². The Morgan fingerprint density at radius 2 is 1.79 bits per heavy atom. The topological polar surface area (TPSA) is 39.4 Å². The van der Waals surface area contributed by atoms with Gasteiger partial charge in [-0.05, 0) is 54.6 Å². The zero-order valence-electron chi connectivity index (χ0n) is 12.3. The van der Waals surface area contributed by atoms with Crippen LogP contribution in [0.5, 0.6) is 5.75 Å².